The van der Waals surface area contributed by atoms with Crippen molar-refractivity contribution in [1.29, 1.82) is 0 Å². The summed E-state index contributed by atoms with van der Waals surface area (Å²) in [6, 6.07) is 8.24. The number of carbonyl (C=O) groups excluding carboxylic acids is 2. The van der Waals surface area contributed by atoms with Gasteiger partial charge in [0.15, 0.2) is 11.5 Å². The zero-order valence-electron chi connectivity index (χ0n) is 16.2. The summed E-state index contributed by atoms with van der Waals surface area (Å²) in [7, 11) is 2.63. The highest BCUT2D eigenvalue weighted by molar-refractivity contribution is 5.91. The Morgan fingerprint density at radius 1 is 1.24 bits per heavy atom. The first-order chi connectivity index (χ1) is 14.0. The molecule has 0 amide bonds. The van der Waals surface area contributed by atoms with Gasteiger partial charge in [-0.2, -0.15) is 0 Å². The largest absolute Gasteiger partial charge is 0.493 e. The standard InChI is InChI=1S/C21H23NO7/c1-4-6-14-8-9-16(17(11-14)26-2)28-19(23)12-18(21(25)27-3)29-20(24)15-7-5-10-22-13-15/h4-5,7-11,13,18-19,23H,1,6,12H2,2-3H3. The monoisotopic (exact) mass is 401 g/mol. The molecule has 0 saturated heterocycles. The van der Waals surface area contributed by atoms with Gasteiger partial charge in [-0.25, -0.2) is 9.59 Å². The van der Waals surface area contributed by atoms with Crippen LogP contribution in [0.2, 0.25) is 0 Å². The van der Waals surface area contributed by atoms with Crippen LogP contribution in [0.1, 0.15) is 22.3 Å². The fraction of sp³-hybridized carbons (Fsp3) is 0.286. The summed E-state index contributed by atoms with van der Waals surface area (Å²) in [5.74, 6) is -0.911. The first-order valence-corrected chi connectivity index (χ1v) is 8.79. The number of hydrogen-bond donors (Lipinski definition) is 1. The maximum atomic E-state index is 12.2. The second-order valence-electron chi connectivity index (χ2n) is 5.95. The minimum atomic E-state index is -1.46. The summed E-state index contributed by atoms with van der Waals surface area (Å²) in [5, 5.41) is 10.3. The molecule has 1 aromatic heterocycles. The van der Waals surface area contributed by atoms with E-state index in [2.05, 4.69) is 16.3 Å². The van der Waals surface area contributed by atoms with Crippen molar-refractivity contribution in [3.05, 3.63) is 66.5 Å². The van der Waals surface area contributed by atoms with Gasteiger partial charge in [-0.1, -0.05) is 12.1 Å². The van der Waals surface area contributed by atoms with Gasteiger partial charge in [0.25, 0.3) is 0 Å². The summed E-state index contributed by atoms with van der Waals surface area (Å²) in [4.78, 5) is 28.0. The van der Waals surface area contributed by atoms with Crippen molar-refractivity contribution < 1.29 is 33.6 Å². The van der Waals surface area contributed by atoms with Crippen LogP contribution in [0.25, 0.3) is 0 Å². The maximum Gasteiger partial charge on any atom is 0.347 e. The Labute approximate surface area is 168 Å². The van der Waals surface area contributed by atoms with E-state index in [0.717, 1.165) is 12.7 Å². The normalized spacial score (nSPS) is 12.4. The number of esters is 2. The van der Waals surface area contributed by atoms with E-state index in [9.17, 15) is 14.7 Å². The number of pyridine rings is 1. The topological polar surface area (TPSA) is 104 Å². The molecule has 29 heavy (non-hydrogen) atoms. The lowest BCUT2D eigenvalue weighted by atomic mass is 10.1. The highest BCUT2D eigenvalue weighted by Gasteiger charge is 2.29. The Bertz CT molecular complexity index is 838. The molecular weight excluding hydrogens is 378 g/mol. The van der Waals surface area contributed by atoms with Gasteiger partial charge in [0, 0.05) is 12.4 Å². The van der Waals surface area contributed by atoms with Crippen LogP contribution in [0.5, 0.6) is 11.5 Å². The molecular formula is C21H23NO7. The molecule has 8 heteroatoms. The van der Waals surface area contributed by atoms with Crippen molar-refractivity contribution in [2.75, 3.05) is 14.2 Å². The van der Waals surface area contributed by atoms with Gasteiger partial charge in [0.2, 0.25) is 12.4 Å². The van der Waals surface area contributed by atoms with Crippen molar-refractivity contribution in [1.82, 2.24) is 4.98 Å². The summed E-state index contributed by atoms with van der Waals surface area (Å²) in [6.45, 7) is 3.68. The molecule has 154 valence electrons. The third-order valence-electron chi connectivity index (χ3n) is 3.90. The quantitative estimate of drug-likeness (QED) is 0.367. The lowest BCUT2D eigenvalue weighted by Gasteiger charge is -2.21. The minimum absolute atomic E-state index is 0.163. The molecule has 1 aromatic carbocycles. The molecule has 0 radical (unpaired) electrons. The third-order valence-corrected chi connectivity index (χ3v) is 3.90. The molecule has 2 rings (SSSR count). The Kier molecular flexibility index (Phi) is 8.17. The molecule has 0 bridgehead atoms. The van der Waals surface area contributed by atoms with Gasteiger partial charge >= 0.3 is 11.9 Å². The number of ether oxygens (including phenoxy) is 4. The number of rotatable bonds is 10. The van der Waals surface area contributed by atoms with Crippen LogP contribution in [0.15, 0.2) is 55.4 Å². The number of aliphatic hydroxyl groups is 1. The fourth-order valence-corrected chi connectivity index (χ4v) is 2.49. The van der Waals surface area contributed by atoms with Gasteiger partial charge in [-0.3, -0.25) is 4.98 Å². The Balaban J connectivity index is 2.08. The van der Waals surface area contributed by atoms with Crippen LogP contribution in [-0.2, 0) is 20.7 Å². The van der Waals surface area contributed by atoms with Crippen LogP contribution in [-0.4, -0.2) is 48.6 Å². The summed E-state index contributed by atoms with van der Waals surface area (Å²) in [5.41, 5.74) is 1.12. The first kappa shape index (κ1) is 21.9. The van der Waals surface area contributed by atoms with E-state index in [0.29, 0.717) is 12.2 Å². The Morgan fingerprint density at radius 2 is 2.03 bits per heavy atom. The zero-order valence-corrected chi connectivity index (χ0v) is 16.2. The van der Waals surface area contributed by atoms with Crippen LogP contribution in [0.4, 0.5) is 0 Å². The van der Waals surface area contributed by atoms with Gasteiger partial charge in [-0.05, 0) is 36.2 Å². The van der Waals surface area contributed by atoms with E-state index in [1.165, 1.54) is 25.6 Å². The number of hydrogen-bond acceptors (Lipinski definition) is 8. The predicted molar refractivity (Wildman–Crippen MR) is 104 cm³/mol. The first-order valence-electron chi connectivity index (χ1n) is 8.79. The smallest absolute Gasteiger partial charge is 0.347 e. The molecule has 8 nitrogen and oxygen atoms in total. The Morgan fingerprint density at radius 3 is 2.66 bits per heavy atom. The second-order valence-corrected chi connectivity index (χ2v) is 5.95. The minimum Gasteiger partial charge on any atom is -0.493 e. The molecule has 1 heterocycles. The fourth-order valence-electron chi connectivity index (χ4n) is 2.49. The number of benzene rings is 1. The van der Waals surface area contributed by atoms with Crippen molar-refractivity contribution in [2.45, 2.75) is 25.2 Å². The molecule has 1 N–H and O–H groups in total. The SMILES string of the molecule is C=CCc1ccc(OC(O)CC(OC(=O)c2cccnc2)C(=O)OC)c(OC)c1. The summed E-state index contributed by atoms with van der Waals surface area (Å²) >= 11 is 0. The van der Waals surface area contributed by atoms with Crippen molar-refractivity contribution >= 4 is 11.9 Å². The lowest BCUT2D eigenvalue weighted by molar-refractivity contribution is -0.155. The lowest BCUT2D eigenvalue weighted by Crippen LogP contribution is -2.34. The van der Waals surface area contributed by atoms with E-state index in [4.69, 9.17) is 14.2 Å². The van der Waals surface area contributed by atoms with Crippen LogP contribution >= 0.6 is 0 Å². The highest BCUT2D eigenvalue weighted by Crippen LogP contribution is 2.29. The number of aromatic nitrogens is 1. The molecule has 2 unspecified atom stereocenters. The highest BCUT2D eigenvalue weighted by atomic mass is 16.6. The number of allylic oxidation sites excluding steroid dienone is 1. The number of nitrogens with zero attached hydrogens (tertiary/aromatic N) is 1. The van der Waals surface area contributed by atoms with Crippen LogP contribution in [0, 0.1) is 0 Å². The van der Waals surface area contributed by atoms with Gasteiger partial charge in [0.05, 0.1) is 26.2 Å². The van der Waals surface area contributed by atoms with Gasteiger partial charge in [-0.15, -0.1) is 6.58 Å². The van der Waals surface area contributed by atoms with Crippen molar-refractivity contribution in [3.8, 4) is 11.5 Å². The second kappa shape index (κ2) is 10.8. The summed E-state index contributed by atoms with van der Waals surface area (Å²) in [6.07, 6.45) is 2.04. The van der Waals surface area contributed by atoms with Crippen molar-refractivity contribution in [3.63, 3.8) is 0 Å². The third kappa shape index (κ3) is 6.32. The van der Waals surface area contributed by atoms with E-state index < -0.39 is 24.3 Å². The van der Waals surface area contributed by atoms with E-state index in [1.54, 1.807) is 30.3 Å². The van der Waals surface area contributed by atoms with E-state index >= 15 is 0 Å². The molecule has 2 aromatic rings. The van der Waals surface area contributed by atoms with Crippen LogP contribution < -0.4 is 9.47 Å². The molecule has 0 spiro atoms. The Hall–Kier alpha value is -3.39. The number of aliphatic hydroxyl groups excluding tert-OH is 1. The number of carbonyl (C=O) groups is 2. The number of methoxy groups -OCH3 is 2. The van der Waals surface area contributed by atoms with Crippen LogP contribution in [0.3, 0.4) is 0 Å². The molecule has 0 aliphatic rings. The maximum absolute atomic E-state index is 12.2. The van der Waals surface area contributed by atoms with Gasteiger partial charge in [0.1, 0.15) is 0 Å². The van der Waals surface area contributed by atoms with E-state index in [1.807, 2.05) is 0 Å². The van der Waals surface area contributed by atoms with E-state index in [-0.39, 0.29) is 17.7 Å². The average Bonchev–Trinajstić information content (AvgIpc) is 2.74. The molecule has 0 fully saturated rings. The molecule has 2 atom stereocenters. The zero-order chi connectivity index (χ0) is 21.2. The predicted octanol–water partition coefficient (Wildman–Crippen LogP) is 2.30. The summed E-state index contributed by atoms with van der Waals surface area (Å²) < 4.78 is 20.6. The molecule has 0 aliphatic carbocycles. The molecule has 0 saturated carbocycles. The molecule has 0 aliphatic heterocycles. The van der Waals surface area contributed by atoms with Crippen molar-refractivity contribution in [2.24, 2.45) is 0 Å². The average molecular weight is 401 g/mol. The van der Waals surface area contributed by atoms with Gasteiger partial charge < -0.3 is 24.1 Å².